The summed E-state index contributed by atoms with van der Waals surface area (Å²) >= 11 is 0. The monoisotopic (exact) mass is 256 g/mol. The van der Waals surface area contributed by atoms with E-state index in [9.17, 15) is 14.4 Å². The lowest BCUT2D eigenvalue weighted by Gasteiger charge is -2.04. The highest BCUT2D eigenvalue weighted by atomic mass is 16.7. The summed E-state index contributed by atoms with van der Waals surface area (Å²) in [5, 5.41) is 10.7. The zero-order chi connectivity index (χ0) is 13.4. The van der Waals surface area contributed by atoms with Gasteiger partial charge in [0.2, 0.25) is 5.91 Å². The van der Waals surface area contributed by atoms with Crippen LogP contribution in [-0.4, -0.2) is 36.0 Å². The third-order valence-electron chi connectivity index (χ3n) is 1.80. The van der Waals surface area contributed by atoms with E-state index in [0.717, 1.165) is 0 Å². The van der Waals surface area contributed by atoms with Crippen molar-refractivity contribution in [3.05, 3.63) is 24.2 Å². The molecule has 2 amide bonds. The molecule has 0 aliphatic heterocycles. The maximum atomic E-state index is 11.4. The van der Waals surface area contributed by atoms with Crippen molar-refractivity contribution in [2.45, 2.75) is 6.42 Å². The summed E-state index contributed by atoms with van der Waals surface area (Å²) < 4.78 is 4.72. The number of carbonyl (C=O) groups excluding carboxylic acids is 2. The van der Waals surface area contributed by atoms with E-state index >= 15 is 0 Å². The van der Waals surface area contributed by atoms with Gasteiger partial charge in [0.05, 0.1) is 11.8 Å². The number of aliphatic carboxylic acids is 1. The highest BCUT2D eigenvalue weighted by Gasteiger charge is 2.07. The van der Waals surface area contributed by atoms with Crippen LogP contribution in [0.1, 0.15) is 16.8 Å². The van der Waals surface area contributed by atoms with Gasteiger partial charge in [-0.05, 0) is 6.07 Å². The Morgan fingerprint density at radius 3 is 2.78 bits per heavy atom. The number of carbonyl (C=O) groups is 3. The molecule has 0 radical (unpaired) electrons. The standard InChI is InChI=1S/C10H12N2O6/c13-8(12-18-6-9(14)15)1-3-11-10(16)7-2-4-17-5-7/h2,4-5H,1,3,6H2,(H,11,16)(H,12,13)(H,14,15). The number of carboxylic acids is 1. The normalized spacial score (nSPS) is 9.78. The minimum atomic E-state index is -1.19. The summed E-state index contributed by atoms with van der Waals surface area (Å²) in [4.78, 5) is 36.9. The SMILES string of the molecule is O=C(O)CONC(=O)CCNC(=O)c1ccoc1. The quantitative estimate of drug-likeness (QED) is 0.568. The van der Waals surface area contributed by atoms with Crippen LogP contribution in [0.25, 0.3) is 0 Å². The predicted molar refractivity (Wildman–Crippen MR) is 57.4 cm³/mol. The largest absolute Gasteiger partial charge is 0.479 e. The van der Waals surface area contributed by atoms with Gasteiger partial charge in [0, 0.05) is 13.0 Å². The number of hydrogen-bond donors (Lipinski definition) is 3. The smallest absolute Gasteiger partial charge is 0.332 e. The lowest BCUT2D eigenvalue weighted by molar-refractivity contribution is -0.149. The topological polar surface area (TPSA) is 118 Å². The van der Waals surface area contributed by atoms with Crippen LogP contribution in [0.3, 0.4) is 0 Å². The van der Waals surface area contributed by atoms with E-state index in [1.54, 1.807) is 0 Å². The first-order valence-corrected chi connectivity index (χ1v) is 5.02. The van der Waals surface area contributed by atoms with Crippen molar-refractivity contribution < 1.29 is 28.7 Å². The maximum Gasteiger partial charge on any atom is 0.332 e. The molecule has 1 rings (SSSR count). The van der Waals surface area contributed by atoms with Crippen molar-refractivity contribution in [2.75, 3.05) is 13.2 Å². The van der Waals surface area contributed by atoms with E-state index in [2.05, 4.69) is 10.2 Å². The molecule has 8 heteroatoms. The summed E-state index contributed by atoms with van der Waals surface area (Å²) in [5.41, 5.74) is 2.29. The van der Waals surface area contributed by atoms with Crippen molar-refractivity contribution in [1.29, 1.82) is 0 Å². The first kappa shape index (κ1) is 13.7. The van der Waals surface area contributed by atoms with E-state index in [-0.39, 0.29) is 18.9 Å². The number of furan rings is 1. The van der Waals surface area contributed by atoms with E-state index in [1.165, 1.54) is 18.6 Å². The molecular weight excluding hydrogens is 244 g/mol. The molecule has 0 unspecified atom stereocenters. The summed E-state index contributed by atoms with van der Waals surface area (Å²) in [7, 11) is 0. The second-order valence-corrected chi connectivity index (χ2v) is 3.23. The Hall–Kier alpha value is -2.35. The van der Waals surface area contributed by atoms with Gasteiger partial charge in [-0.25, -0.2) is 10.3 Å². The van der Waals surface area contributed by atoms with Crippen LogP contribution in [0.15, 0.2) is 23.0 Å². The van der Waals surface area contributed by atoms with Gasteiger partial charge in [0.15, 0.2) is 6.61 Å². The van der Waals surface area contributed by atoms with Crippen molar-refractivity contribution in [1.82, 2.24) is 10.8 Å². The summed E-state index contributed by atoms with van der Waals surface area (Å²) in [6, 6.07) is 1.49. The number of rotatable bonds is 7. The van der Waals surface area contributed by atoms with Crippen LogP contribution < -0.4 is 10.8 Å². The Morgan fingerprint density at radius 1 is 1.39 bits per heavy atom. The summed E-state index contributed by atoms with van der Waals surface area (Å²) in [5.74, 6) is -2.07. The first-order chi connectivity index (χ1) is 8.59. The van der Waals surface area contributed by atoms with Crippen molar-refractivity contribution in [3.63, 3.8) is 0 Å². The third-order valence-corrected chi connectivity index (χ3v) is 1.80. The molecule has 0 spiro atoms. The second-order valence-electron chi connectivity index (χ2n) is 3.23. The Balaban J connectivity index is 2.12. The zero-order valence-electron chi connectivity index (χ0n) is 9.34. The first-order valence-electron chi connectivity index (χ1n) is 5.02. The van der Waals surface area contributed by atoms with Gasteiger partial charge in [-0.2, -0.15) is 0 Å². The molecule has 1 heterocycles. The van der Waals surface area contributed by atoms with E-state index in [1.807, 2.05) is 5.48 Å². The van der Waals surface area contributed by atoms with E-state index in [0.29, 0.717) is 5.56 Å². The molecule has 8 nitrogen and oxygen atoms in total. The number of nitrogens with one attached hydrogen (secondary N) is 2. The number of hydroxylamine groups is 1. The highest BCUT2D eigenvalue weighted by Crippen LogP contribution is 1.98. The van der Waals surface area contributed by atoms with Gasteiger partial charge in [-0.15, -0.1) is 0 Å². The van der Waals surface area contributed by atoms with Crippen LogP contribution in [0.5, 0.6) is 0 Å². The molecule has 18 heavy (non-hydrogen) atoms. The number of amides is 2. The van der Waals surface area contributed by atoms with E-state index in [4.69, 9.17) is 9.52 Å². The molecule has 0 saturated carbocycles. The average Bonchev–Trinajstić information content (AvgIpc) is 2.81. The maximum absolute atomic E-state index is 11.4. The molecule has 0 fully saturated rings. The molecule has 3 N–H and O–H groups in total. The Kier molecular flexibility index (Phi) is 5.39. The van der Waals surface area contributed by atoms with Gasteiger partial charge >= 0.3 is 5.97 Å². The summed E-state index contributed by atoms with van der Waals surface area (Å²) in [6.45, 7) is -0.514. The lowest BCUT2D eigenvalue weighted by Crippen LogP contribution is -2.31. The fourth-order valence-electron chi connectivity index (χ4n) is 1.01. The molecule has 1 aromatic rings. The van der Waals surface area contributed by atoms with Crippen LogP contribution in [0, 0.1) is 0 Å². The van der Waals surface area contributed by atoms with Gasteiger partial charge in [-0.3, -0.25) is 14.4 Å². The van der Waals surface area contributed by atoms with Gasteiger partial charge in [0.1, 0.15) is 6.26 Å². The molecule has 0 atom stereocenters. The molecule has 0 bridgehead atoms. The number of carboxylic acid groups (broad SMARTS) is 1. The minimum absolute atomic E-state index is 0.0246. The lowest BCUT2D eigenvalue weighted by atomic mass is 10.3. The average molecular weight is 256 g/mol. The fourth-order valence-corrected chi connectivity index (χ4v) is 1.01. The Morgan fingerprint density at radius 2 is 2.17 bits per heavy atom. The summed E-state index contributed by atoms with van der Waals surface area (Å²) in [6.07, 6.45) is 2.62. The second kappa shape index (κ2) is 7.07. The molecule has 98 valence electrons. The van der Waals surface area contributed by atoms with Crippen molar-refractivity contribution >= 4 is 17.8 Å². The van der Waals surface area contributed by atoms with Gasteiger partial charge in [-0.1, -0.05) is 0 Å². The van der Waals surface area contributed by atoms with E-state index < -0.39 is 18.5 Å². The highest BCUT2D eigenvalue weighted by molar-refractivity contribution is 5.93. The third kappa shape index (κ3) is 5.12. The molecule has 0 aromatic carbocycles. The van der Waals surface area contributed by atoms with Gasteiger partial charge < -0.3 is 14.8 Å². The molecule has 0 saturated heterocycles. The molecule has 1 aromatic heterocycles. The van der Waals surface area contributed by atoms with Crippen LogP contribution in [0.4, 0.5) is 0 Å². The zero-order valence-corrected chi connectivity index (χ0v) is 9.34. The minimum Gasteiger partial charge on any atom is -0.479 e. The predicted octanol–water partition coefficient (Wildman–Crippen LogP) is -0.468. The number of hydrogen-bond acceptors (Lipinski definition) is 5. The van der Waals surface area contributed by atoms with Gasteiger partial charge in [0.25, 0.3) is 5.91 Å². The van der Waals surface area contributed by atoms with Crippen LogP contribution in [-0.2, 0) is 14.4 Å². The Bertz CT molecular complexity index is 414. The Labute approximate surface area is 102 Å². The van der Waals surface area contributed by atoms with Crippen molar-refractivity contribution in [3.8, 4) is 0 Å². The van der Waals surface area contributed by atoms with Crippen molar-refractivity contribution in [2.24, 2.45) is 0 Å². The molecule has 0 aliphatic carbocycles. The molecule has 0 aliphatic rings. The fraction of sp³-hybridized carbons (Fsp3) is 0.300. The van der Waals surface area contributed by atoms with Crippen LogP contribution >= 0.6 is 0 Å². The van der Waals surface area contributed by atoms with Crippen LogP contribution in [0.2, 0.25) is 0 Å². The molecular formula is C10H12N2O6.